The summed E-state index contributed by atoms with van der Waals surface area (Å²) in [7, 11) is -3.95. The van der Waals surface area contributed by atoms with E-state index in [-0.39, 0.29) is 29.7 Å². The molecule has 10 nitrogen and oxygen atoms in total. The molecule has 4 aromatic rings. The van der Waals surface area contributed by atoms with E-state index in [0.29, 0.717) is 28.1 Å². The fourth-order valence-electron chi connectivity index (χ4n) is 6.78. The lowest BCUT2D eigenvalue weighted by Gasteiger charge is -2.36. The van der Waals surface area contributed by atoms with Crippen molar-refractivity contribution in [1.82, 2.24) is 23.9 Å². The van der Waals surface area contributed by atoms with Crippen molar-refractivity contribution in [2.24, 2.45) is 5.92 Å². The number of nitrogens with zero attached hydrogens (tertiary/aromatic N) is 6. The second-order valence-electron chi connectivity index (χ2n) is 12.4. The van der Waals surface area contributed by atoms with Crippen molar-refractivity contribution >= 4 is 27.5 Å². The number of sulfonamides is 1. The molecule has 1 saturated heterocycles. The lowest BCUT2D eigenvalue weighted by atomic mass is 9.79. The lowest BCUT2D eigenvalue weighted by Crippen LogP contribution is -2.45. The Kier molecular flexibility index (Phi) is 8.08. The molecular formula is C32H35F3N6O4S. The van der Waals surface area contributed by atoms with Gasteiger partial charge in [0.1, 0.15) is 10.7 Å². The summed E-state index contributed by atoms with van der Waals surface area (Å²) in [6.07, 6.45) is 0.955. The maximum Gasteiger partial charge on any atom is 0.452 e. The molecule has 1 aromatic carbocycles. The number of aryl methyl sites for hydroxylation is 3. The first kappa shape index (κ1) is 31.9. The van der Waals surface area contributed by atoms with Gasteiger partial charge < -0.3 is 10.0 Å². The van der Waals surface area contributed by atoms with Gasteiger partial charge in [-0.1, -0.05) is 25.1 Å². The van der Waals surface area contributed by atoms with E-state index >= 15 is 0 Å². The van der Waals surface area contributed by atoms with Gasteiger partial charge in [-0.15, -0.1) is 10.2 Å². The summed E-state index contributed by atoms with van der Waals surface area (Å²) < 4.78 is 71.4. The number of fused-ring (bicyclic) bond motifs is 4. The summed E-state index contributed by atoms with van der Waals surface area (Å²) in [6, 6.07) is 8.55. The third-order valence-electron chi connectivity index (χ3n) is 9.33. The molecule has 0 bridgehead atoms. The number of alkyl halides is 3. The van der Waals surface area contributed by atoms with Crippen LogP contribution >= 0.6 is 0 Å². The Hall–Kier alpha value is -4.04. The fraction of sp³-hybridized carbons (Fsp3) is 0.438. The standard InChI is InChI=1S/C32H35F3N6O4S/c1-18-13-26-29(36-15-18)40-11-6-5-7-24(40)17-39(46(26,44)45)16-23-14-22(9-8-19(23)2)27(21(4)30(42)43)25-10-12-41-28(20(25)3)37-38-31(41)32(33,34)35/h8-10,12-15,21,24,27H,5-7,11,16-17H2,1-4H3,(H,42,43)/t21?,24-,27-/m0/s1. The number of aliphatic carboxylic acids is 1. The number of benzene rings is 1. The van der Waals surface area contributed by atoms with E-state index in [0.717, 1.165) is 41.3 Å². The minimum atomic E-state index is -4.72. The van der Waals surface area contributed by atoms with Crippen molar-refractivity contribution in [3.8, 4) is 0 Å². The van der Waals surface area contributed by atoms with Crippen LogP contribution in [0.4, 0.5) is 19.0 Å². The summed E-state index contributed by atoms with van der Waals surface area (Å²) >= 11 is 0. The van der Waals surface area contributed by atoms with E-state index in [9.17, 15) is 31.5 Å². The zero-order chi connectivity index (χ0) is 33.1. The minimum absolute atomic E-state index is 0.0185. The zero-order valence-corrected chi connectivity index (χ0v) is 26.7. The van der Waals surface area contributed by atoms with Crippen LogP contribution in [0.2, 0.25) is 0 Å². The van der Waals surface area contributed by atoms with Crippen LogP contribution in [-0.4, -0.2) is 62.5 Å². The Labute approximate surface area is 264 Å². The average Bonchev–Trinajstić information content (AvgIpc) is 3.42. The van der Waals surface area contributed by atoms with Crippen molar-refractivity contribution in [2.45, 2.75) is 76.5 Å². The maximum atomic E-state index is 14.2. The van der Waals surface area contributed by atoms with Crippen LogP contribution in [0.15, 0.2) is 47.6 Å². The number of hydrogen-bond acceptors (Lipinski definition) is 7. The predicted octanol–water partition coefficient (Wildman–Crippen LogP) is 5.48. The van der Waals surface area contributed by atoms with Crippen molar-refractivity contribution in [2.75, 3.05) is 18.0 Å². The van der Waals surface area contributed by atoms with Crippen molar-refractivity contribution in [3.63, 3.8) is 0 Å². The molecule has 14 heteroatoms. The Bertz CT molecular complexity index is 1940. The van der Waals surface area contributed by atoms with Gasteiger partial charge in [0.25, 0.3) is 0 Å². The number of anilines is 1. The Morgan fingerprint density at radius 2 is 1.87 bits per heavy atom. The average molecular weight is 657 g/mol. The van der Waals surface area contributed by atoms with E-state index in [1.54, 1.807) is 32.2 Å². The second-order valence-corrected chi connectivity index (χ2v) is 14.3. The predicted molar refractivity (Wildman–Crippen MR) is 164 cm³/mol. The number of aromatic nitrogens is 4. The van der Waals surface area contributed by atoms with Gasteiger partial charge in [0.15, 0.2) is 5.65 Å². The molecule has 244 valence electrons. The lowest BCUT2D eigenvalue weighted by molar-refractivity contribution is -0.145. The molecule has 5 heterocycles. The van der Waals surface area contributed by atoms with Crippen LogP contribution in [0.3, 0.4) is 0 Å². The molecule has 0 spiro atoms. The molecule has 3 aromatic heterocycles. The number of rotatable bonds is 6. The number of carboxylic acid groups (broad SMARTS) is 1. The van der Waals surface area contributed by atoms with Gasteiger partial charge in [-0.3, -0.25) is 9.20 Å². The normalized spacial score (nSPS) is 19.7. The molecule has 3 atom stereocenters. The summed E-state index contributed by atoms with van der Waals surface area (Å²) in [4.78, 5) is 19.2. The quantitative estimate of drug-likeness (QED) is 0.290. The third kappa shape index (κ3) is 5.51. The first-order valence-corrected chi connectivity index (χ1v) is 16.6. The Balaban J connectivity index is 1.43. The van der Waals surface area contributed by atoms with Gasteiger partial charge in [0, 0.05) is 44.0 Å². The summed E-state index contributed by atoms with van der Waals surface area (Å²) in [5, 5.41) is 17.2. The summed E-state index contributed by atoms with van der Waals surface area (Å²) in [5.74, 6) is -3.52. The van der Waals surface area contributed by atoms with Crippen LogP contribution in [0.1, 0.15) is 71.3 Å². The number of carbonyl (C=O) groups is 1. The number of carboxylic acids is 1. The van der Waals surface area contributed by atoms with E-state index in [2.05, 4.69) is 20.1 Å². The largest absolute Gasteiger partial charge is 0.481 e. The molecule has 1 fully saturated rings. The molecular weight excluding hydrogens is 621 g/mol. The number of pyridine rings is 2. The SMILES string of the molecule is Cc1cnc2c(c1)S(=O)(=O)N(Cc1cc([C@@H](c3ccn4c(C(F)(F)F)nnc4c3C)C(C)C(=O)O)ccc1C)C[C@@H]1CCCCN21. The Morgan fingerprint density at radius 1 is 1.11 bits per heavy atom. The first-order valence-electron chi connectivity index (χ1n) is 15.2. The van der Waals surface area contributed by atoms with Gasteiger partial charge in [-0.25, -0.2) is 13.4 Å². The van der Waals surface area contributed by atoms with Gasteiger partial charge >= 0.3 is 12.1 Å². The molecule has 0 radical (unpaired) electrons. The van der Waals surface area contributed by atoms with Crippen molar-refractivity contribution in [1.29, 1.82) is 0 Å². The number of halogens is 3. The highest BCUT2D eigenvalue weighted by Crippen LogP contribution is 2.39. The van der Waals surface area contributed by atoms with E-state index in [4.69, 9.17) is 0 Å². The second kappa shape index (κ2) is 11.6. The van der Waals surface area contributed by atoms with Crippen LogP contribution < -0.4 is 4.90 Å². The fourth-order valence-corrected chi connectivity index (χ4v) is 8.48. The van der Waals surface area contributed by atoms with Gasteiger partial charge in [0.05, 0.1) is 5.92 Å². The topological polar surface area (TPSA) is 121 Å². The maximum absolute atomic E-state index is 14.2. The molecule has 1 unspecified atom stereocenters. The zero-order valence-electron chi connectivity index (χ0n) is 25.9. The van der Waals surface area contributed by atoms with Crippen LogP contribution in [0.5, 0.6) is 0 Å². The van der Waals surface area contributed by atoms with Gasteiger partial charge in [0.2, 0.25) is 15.8 Å². The highest BCUT2D eigenvalue weighted by Gasteiger charge is 2.40. The molecule has 0 aliphatic carbocycles. The molecule has 1 N–H and O–H groups in total. The molecule has 6 rings (SSSR count). The van der Waals surface area contributed by atoms with Crippen LogP contribution in [-0.2, 0) is 27.5 Å². The number of piperidine rings is 1. The molecule has 2 aliphatic heterocycles. The number of hydrogen-bond donors (Lipinski definition) is 1. The summed E-state index contributed by atoms with van der Waals surface area (Å²) in [5.41, 5.74) is 3.72. The van der Waals surface area contributed by atoms with Crippen LogP contribution in [0.25, 0.3) is 5.65 Å². The van der Waals surface area contributed by atoms with E-state index < -0.39 is 39.8 Å². The third-order valence-corrected chi connectivity index (χ3v) is 11.1. The highest BCUT2D eigenvalue weighted by molar-refractivity contribution is 7.89. The van der Waals surface area contributed by atoms with E-state index in [1.165, 1.54) is 16.6 Å². The van der Waals surface area contributed by atoms with Gasteiger partial charge in [-0.2, -0.15) is 17.5 Å². The summed E-state index contributed by atoms with van der Waals surface area (Å²) in [6.45, 7) is 7.89. The van der Waals surface area contributed by atoms with Crippen molar-refractivity contribution < 1.29 is 31.5 Å². The molecule has 0 amide bonds. The molecule has 0 saturated carbocycles. The smallest absolute Gasteiger partial charge is 0.452 e. The van der Waals surface area contributed by atoms with E-state index in [1.807, 2.05) is 26.0 Å². The van der Waals surface area contributed by atoms with Crippen LogP contribution in [0, 0.1) is 26.7 Å². The van der Waals surface area contributed by atoms with Gasteiger partial charge in [-0.05, 0) is 85.5 Å². The first-order chi connectivity index (χ1) is 21.7. The van der Waals surface area contributed by atoms with Crippen molar-refractivity contribution in [3.05, 3.63) is 81.9 Å². The Morgan fingerprint density at radius 3 is 2.59 bits per heavy atom. The minimum Gasteiger partial charge on any atom is -0.481 e. The molecule has 46 heavy (non-hydrogen) atoms. The highest BCUT2D eigenvalue weighted by atomic mass is 32.2. The molecule has 2 aliphatic rings. The monoisotopic (exact) mass is 656 g/mol.